The molecule has 0 fully saturated rings. The number of benzene rings is 1. The van der Waals surface area contributed by atoms with Gasteiger partial charge in [-0.25, -0.2) is 0 Å². The number of carbonyl (C=O) groups is 1. The monoisotopic (exact) mass is 291 g/mol. The number of rotatable bonds is 7. The summed E-state index contributed by atoms with van der Waals surface area (Å²) in [6, 6.07) is 8.20. The normalized spacial score (nSPS) is 14.8. The molecule has 1 atom stereocenters. The van der Waals surface area contributed by atoms with Crippen LogP contribution in [0.4, 0.5) is 13.2 Å². The van der Waals surface area contributed by atoms with Gasteiger partial charge in [-0.05, 0) is 12.0 Å². The van der Waals surface area contributed by atoms with Crippen molar-refractivity contribution >= 4 is 5.97 Å². The van der Waals surface area contributed by atoms with Gasteiger partial charge in [-0.15, -0.1) is 0 Å². The maximum absolute atomic E-state index is 12.0. The van der Waals surface area contributed by atoms with Crippen LogP contribution in [0.5, 0.6) is 0 Å². The summed E-state index contributed by atoms with van der Waals surface area (Å²) in [5.41, 5.74) is 4.56. The number of hydrogen-bond donors (Lipinski definition) is 2. The van der Waals surface area contributed by atoms with Crippen molar-refractivity contribution in [3.05, 3.63) is 35.9 Å². The second-order valence-corrected chi connectivity index (χ2v) is 4.38. The molecule has 0 saturated heterocycles. The fraction of sp³-hybridized carbons (Fsp3) is 0.462. The summed E-state index contributed by atoms with van der Waals surface area (Å²) >= 11 is 0. The van der Waals surface area contributed by atoms with Crippen LogP contribution in [0.1, 0.15) is 12.0 Å². The van der Waals surface area contributed by atoms with Crippen LogP contribution in [0, 0.1) is 0 Å². The molecule has 1 rings (SSSR count). The number of ether oxygens (including phenoxy) is 1. The Morgan fingerprint density at radius 3 is 2.30 bits per heavy atom. The molecule has 0 amide bonds. The maximum atomic E-state index is 12.0. The molecule has 20 heavy (non-hydrogen) atoms. The fourth-order valence-corrected chi connectivity index (χ4v) is 1.87. The summed E-state index contributed by atoms with van der Waals surface area (Å²) < 4.78 is 40.4. The molecule has 0 bridgehead atoms. The van der Waals surface area contributed by atoms with Crippen LogP contribution < -0.4 is 5.73 Å². The summed E-state index contributed by atoms with van der Waals surface area (Å²) in [4.78, 5) is 11.5. The summed E-state index contributed by atoms with van der Waals surface area (Å²) in [7, 11) is 0. The van der Waals surface area contributed by atoms with Crippen LogP contribution in [0.2, 0.25) is 0 Å². The molecule has 0 saturated carbocycles. The highest BCUT2D eigenvalue weighted by Gasteiger charge is 2.39. The van der Waals surface area contributed by atoms with Gasteiger partial charge >= 0.3 is 12.1 Å². The number of carboxylic acids is 1. The minimum Gasteiger partial charge on any atom is -0.481 e. The van der Waals surface area contributed by atoms with E-state index < -0.39 is 24.2 Å². The molecule has 0 aliphatic rings. The van der Waals surface area contributed by atoms with Crippen LogP contribution in [0.25, 0.3) is 0 Å². The number of alkyl halides is 3. The summed E-state index contributed by atoms with van der Waals surface area (Å²) in [5.74, 6) is -1.18. The Labute approximate surface area is 114 Å². The molecule has 0 spiro atoms. The quantitative estimate of drug-likeness (QED) is 0.753. The van der Waals surface area contributed by atoms with Gasteiger partial charge in [0.1, 0.15) is 12.0 Å². The van der Waals surface area contributed by atoms with Crippen molar-refractivity contribution < 1.29 is 27.8 Å². The van der Waals surface area contributed by atoms with E-state index in [0.29, 0.717) is 5.56 Å². The van der Waals surface area contributed by atoms with E-state index >= 15 is 0 Å². The van der Waals surface area contributed by atoms with Crippen LogP contribution in [-0.4, -0.2) is 37.0 Å². The van der Waals surface area contributed by atoms with Crippen molar-refractivity contribution in [2.45, 2.75) is 18.0 Å². The van der Waals surface area contributed by atoms with Gasteiger partial charge in [0.15, 0.2) is 0 Å². The molecular formula is C13H16F3NO3. The van der Waals surface area contributed by atoms with Gasteiger partial charge in [-0.3, -0.25) is 4.79 Å². The Balaban J connectivity index is 2.78. The van der Waals surface area contributed by atoms with Gasteiger partial charge in [-0.1, -0.05) is 30.3 Å². The molecule has 0 aromatic heterocycles. The third-order valence-electron chi connectivity index (χ3n) is 3.02. The van der Waals surface area contributed by atoms with Crippen molar-refractivity contribution in [1.82, 2.24) is 0 Å². The Morgan fingerprint density at radius 2 is 1.85 bits per heavy atom. The zero-order valence-corrected chi connectivity index (χ0v) is 10.7. The fourth-order valence-electron chi connectivity index (χ4n) is 1.87. The molecule has 7 heteroatoms. The lowest BCUT2D eigenvalue weighted by Crippen LogP contribution is -2.44. The summed E-state index contributed by atoms with van der Waals surface area (Å²) in [6.07, 6.45) is -4.56. The van der Waals surface area contributed by atoms with E-state index in [1.54, 1.807) is 30.3 Å². The molecule has 4 nitrogen and oxygen atoms in total. The first kappa shape index (κ1) is 16.5. The zero-order chi connectivity index (χ0) is 15.2. The van der Waals surface area contributed by atoms with Crippen LogP contribution in [0.15, 0.2) is 30.3 Å². The Hall–Kier alpha value is -1.60. The third-order valence-corrected chi connectivity index (χ3v) is 3.02. The highest BCUT2D eigenvalue weighted by Crippen LogP contribution is 2.28. The number of aliphatic carboxylic acids is 1. The van der Waals surface area contributed by atoms with E-state index in [-0.39, 0.29) is 19.6 Å². The van der Waals surface area contributed by atoms with Crippen molar-refractivity contribution in [2.24, 2.45) is 5.73 Å². The molecule has 112 valence electrons. The van der Waals surface area contributed by atoms with Gasteiger partial charge in [0, 0.05) is 13.2 Å². The van der Waals surface area contributed by atoms with Crippen LogP contribution >= 0.6 is 0 Å². The third kappa shape index (κ3) is 4.21. The average Bonchev–Trinajstić information content (AvgIpc) is 2.39. The largest absolute Gasteiger partial charge is 0.481 e. The van der Waals surface area contributed by atoms with E-state index in [0.717, 1.165) is 0 Å². The molecule has 0 aliphatic heterocycles. The second-order valence-electron chi connectivity index (χ2n) is 4.38. The SMILES string of the molecule is NCC(CCOCC(F)(F)F)(C(=O)O)c1ccccc1. The van der Waals surface area contributed by atoms with E-state index in [9.17, 15) is 23.1 Å². The molecule has 0 radical (unpaired) electrons. The molecule has 0 aliphatic carbocycles. The highest BCUT2D eigenvalue weighted by molar-refractivity contribution is 5.81. The molecule has 1 aromatic carbocycles. The van der Waals surface area contributed by atoms with Crippen LogP contribution in [-0.2, 0) is 14.9 Å². The topological polar surface area (TPSA) is 72.5 Å². The number of nitrogens with two attached hydrogens (primary N) is 1. The van der Waals surface area contributed by atoms with E-state index in [1.165, 1.54) is 0 Å². The lowest BCUT2D eigenvalue weighted by molar-refractivity contribution is -0.175. The Morgan fingerprint density at radius 1 is 1.25 bits per heavy atom. The van der Waals surface area contributed by atoms with Crippen molar-refractivity contribution in [2.75, 3.05) is 19.8 Å². The molecule has 1 unspecified atom stereocenters. The second kappa shape index (κ2) is 6.71. The highest BCUT2D eigenvalue weighted by atomic mass is 19.4. The molecular weight excluding hydrogens is 275 g/mol. The Kier molecular flexibility index (Phi) is 5.52. The van der Waals surface area contributed by atoms with Crippen molar-refractivity contribution in [3.63, 3.8) is 0 Å². The minimum absolute atomic E-state index is 0.126. The predicted octanol–water partition coefficient (Wildman–Crippen LogP) is 1.94. The smallest absolute Gasteiger partial charge is 0.411 e. The maximum Gasteiger partial charge on any atom is 0.411 e. The van der Waals surface area contributed by atoms with Gasteiger partial charge in [0.2, 0.25) is 0 Å². The van der Waals surface area contributed by atoms with Gasteiger partial charge in [-0.2, -0.15) is 13.2 Å². The van der Waals surface area contributed by atoms with E-state index in [2.05, 4.69) is 4.74 Å². The predicted molar refractivity (Wildman–Crippen MR) is 66.3 cm³/mol. The van der Waals surface area contributed by atoms with E-state index in [4.69, 9.17) is 5.73 Å². The summed E-state index contributed by atoms with van der Waals surface area (Å²) in [6.45, 7) is -1.96. The van der Waals surface area contributed by atoms with Crippen LogP contribution in [0.3, 0.4) is 0 Å². The first-order chi connectivity index (χ1) is 9.32. The molecule has 3 N–H and O–H groups in total. The minimum atomic E-state index is -4.43. The van der Waals surface area contributed by atoms with Gasteiger partial charge in [0.05, 0.1) is 0 Å². The van der Waals surface area contributed by atoms with Crippen molar-refractivity contribution in [1.29, 1.82) is 0 Å². The zero-order valence-electron chi connectivity index (χ0n) is 10.7. The first-order valence-electron chi connectivity index (χ1n) is 5.95. The number of carboxylic acid groups (broad SMARTS) is 1. The number of halogens is 3. The number of hydrogen-bond acceptors (Lipinski definition) is 3. The summed E-state index contributed by atoms with van der Waals surface area (Å²) in [5, 5.41) is 9.38. The van der Waals surface area contributed by atoms with Gasteiger partial charge in [0.25, 0.3) is 0 Å². The van der Waals surface area contributed by atoms with Crippen molar-refractivity contribution in [3.8, 4) is 0 Å². The molecule has 0 heterocycles. The lowest BCUT2D eigenvalue weighted by atomic mass is 9.78. The first-order valence-corrected chi connectivity index (χ1v) is 5.95. The standard InChI is InChI=1S/C13H16F3NO3/c14-13(15,16)9-20-7-6-12(8-17,11(18)19)10-4-2-1-3-5-10/h1-5H,6-9,17H2,(H,18,19). The van der Waals surface area contributed by atoms with E-state index in [1.807, 2.05) is 0 Å². The molecule has 1 aromatic rings. The average molecular weight is 291 g/mol. The lowest BCUT2D eigenvalue weighted by Gasteiger charge is -2.28. The Bertz CT molecular complexity index is 436. The van der Waals surface area contributed by atoms with Gasteiger partial charge < -0.3 is 15.6 Å².